The largest absolute Gasteiger partial charge is 0.350 e. The van der Waals surface area contributed by atoms with Crippen LogP contribution in [0.5, 0.6) is 0 Å². The molecule has 1 unspecified atom stereocenters. The highest BCUT2D eigenvalue weighted by molar-refractivity contribution is 6.01. The first-order chi connectivity index (χ1) is 14.0. The Bertz CT molecular complexity index is 822. The number of nitrogens with zero attached hydrogens (tertiary/aromatic N) is 3. The first-order valence-corrected chi connectivity index (χ1v) is 10.7. The molecule has 30 heavy (non-hydrogen) atoms. The van der Waals surface area contributed by atoms with Crippen LogP contribution in [0.3, 0.4) is 0 Å². The van der Waals surface area contributed by atoms with E-state index in [1.165, 1.54) is 0 Å². The Morgan fingerprint density at radius 2 is 1.77 bits per heavy atom. The number of nitrogens with one attached hydrogen (secondary N) is 1. The molecule has 0 bridgehead atoms. The molecule has 1 atom stereocenters. The Kier molecular flexibility index (Phi) is 6.50. The predicted molar refractivity (Wildman–Crippen MR) is 117 cm³/mol. The molecule has 7 heteroatoms. The molecule has 2 saturated heterocycles. The minimum absolute atomic E-state index is 0.00725. The Morgan fingerprint density at radius 3 is 2.40 bits per heavy atom. The van der Waals surface area contributed by atoms with Crippen LogP contribution in [-0.4, -0.2) is 72.3 Å². The van der Waals surface area contributed by atoms with Crippen LogP contribution in [0.25, 0.3) is 0 Å². The number of piperazine rings is 1. The van der Waals surface area contributed by atoms with Gasteiger partial charge in [-0.3, -0.25) is 19.3 Å². The van der Waals surface area contributed by atoms with Gasteiger partial charge in [-0.25, -0.2) is 0 Å². The maximum absolute atomic E-state index is 13.0. The van der Waals surface area contributed by atoms with E-state index in [0.29, 0.717) is 39.3 Å². The number of anilines is 1. The number of hydrogen-bond donors (Lipinski definition) is 1. The van der Waals surface area contributed by atoms with Gasteiger partial charge in [-0.1, -0.05) is 12.1 Å². The Balaban J connectivity index is 1.54. The molecule has 1 N–H and O–H groups in total. The highest BCUT2D eigenvalue weighted by atomic mass is 16.2. The van der Waals surface area contributed by atoms with Crippen molar-refractivity contribution < 1.29 is 14.4 Å². The van der Waals surface area contributed by atoms with Gasteiger partial charge < -0.3 is 15.1 Å². The Hall–Kier alpha value is -2.41. The lowest BCUT2D eigenvalue weighted by atomic mass is 10.1. The molecule has 1 aromatic rings. The zero-order valence-electron chi connectivity index (χ0n) is 18.8. The van der Waals surface area contributed by atoms with Gasteiger partial charge in [-0.15, -0.1) is 0 Å². The van der Waals surface area contributed by atoms with Crippen LogP contribution in [0.2, 0.25) is 0 Å². The fourth-order valence-electron chi connectivity index (χ4n) is 4.18. The molecule has 1 aromatic carbocycles. The van der Waals surface area contributed by atoms with E-state index in [1.54, 1.807) is 4.90 Å². The third-order valence-electron chi connectivity index (χ3n) is 5.91. The van der Waals surface area contributed by atoms with Crippen LogP contribution in [0.1, 0.15) is 38.3 Å². The van der Waals surface area contributed by atoms with Crippen molar-refractivity contribution in [1.29, 1.82) is 0 Å². The molecule has 0 spiro atoms. The number of amides is 3. The third-order valence-corrected chi connectivity index (χ3v) is 5.91. The van der Waals surface area contributed by atoms with Crippen molar-refractivity contribution in [2.45, 2.75) is 46.6 Å². The summed E-state index contributed by atoms with van der Waals surface area (Å²) in [5, 5.41) is 2.97. The summed E-state index contributed by atoms with van der Waals surface area (Å²) in [6, 6.07) is 5.94. The molecule has 2 aliphatic heterocycles. The average Bonchev–Trinajstić information content (AvgIpc) is 3.04. The second kappa shape index (κ2) is 8.76. The van der Waals surface area contributed by atoms with Gasteiger partial charge in [0.2, 0.25) is 17.7 Å². The number of hydrogen-bond acceptors (Lipinski definition) is 4. The molecule has 3 amide bonds. The number of benzene rings is 1. The molecular weight excluding hydrogens is 380 g/mol. The fourth-order valence-corrected chi connectivity index (χ4v) is 4.18. The first kappa shape index (κ1) is 22.3. The molecule has 2 heterocycles. The lowest BCUT2D eigenvalue weighted by Gasteiger charge is -2.36. The molecule has 0 saturated carbocycles. The van der Waals surface area contributed by atoms with Crippen molar-refractivity contribution in [3.8, 4) is 0 Å². The van der Waals surface area contributed by atoms with Gasteiger partial charge in [-0.05, 0) is 51.8 Å². The SMILES string of the molecule is Cc1cccc(N2CC(C(=O)N3CCN(CC(=O)NC(C)(C)C)CC3)CC2=O)c1C. The molecular formula is C23H34N4O3. The van der Waals surface area contributed by atoms with Crippen molar-refractivity contribution in [2.24, 2.45) is 5.92 Å². The number of rotatable bonds is 4. The predicted octanol–water partition coefficient (Wildman–Crippen LogP) is 1.72. The highest BCUT2D eigenvalue weighted by Crippen LogP contribution is 2.30. The lowest BCUT2D eigenvalue weighted by Crippen LogP contribution is -2.53. The number of aryl methyl sites for hydroxylation is 1. The van der Waals surface area contributed by atoms with Gasteiger partial charge in [0.05, 0.1) is 12.5 Å². The van der Waals surface area contributed by atoms with Crippen molar-refractivity contribution in [1.82, 2.24) is 15.1 Å². The smallest absolute Gasteiger partial charge is 0.234 e. The van der Waals surface area contributed by atoms with Crippen LogP contribution in [-0.2, 0) is 14.4 Å². The van der Waals surface area contributed by atoms with E-state index < -0.39 is 0 Å². The lowest BCUT2D eigenvalue weighted by molar-refractivity contribution is -0.137. The van der Waals surface area contributed by atoms with E-state index in [0.717, 1.165) is 16.8 Å². The standard InChI is InChI=1S/C23H34N4O3/c1-16-7-6-8-19(17(16)2)27-14-18(13-21(27)29)22(30)26-11-9-25(10-12-26)15-20(28)24-23(3,4)5/h6-8,18H,9-15H2,1-5H3,(H,24,28). The van der Waals surface area contributed by atoms with Gasteiger partial charge >= 0.3 is 0 Å². The van der Waals surface area contributed by atoms with Crippen molar-refractivity contribution in [2.75, 3.05) is 44.2 Å². The van der Waals surface area contributed by atoms with Crippen LogP contribution >= 0.6 is 0 Å². The topological polar surface area (TPSA) is 73.0 Å². The summed E-state index contributed by atoms with van der Waals surface area (Å²) in [4.78, 5) is 43.5. The minimum Gasteiger partial charge on any atom is -0.350 e. The molecule has 0 aliphatic carbocycles. The second-order valence-electron chi connectivity index (χ2n) is 9.52. The Morgan fingerprint density at radius 1 is 1.10 bits per heavy atom. The maximum Gasteiger partial charge on any atom is 0.234 e. The van der Waals surface area contributed by atoms with E-state index in [9.17, 15) is 14.4 Å². The summed E-state index contributed by atoms with van der Waals surface area (Å²) in [7, 11) is 0. The van der Waals surface area contributed by atoms with Gasteiger partial charge in [0.1, 0.15) is 0 Å². The monoisotopic (exact) mass is 414 g/mol. The molecule has 3 rings (SSSR count). The number of carbonyl (C=O) groups excluding carboxylic acids is 3. The first-order valence-electron chi connectivity index (χ1n) is 10.7. The van der Waals surface area contributed by atoms with Gasteiger partial charge in [0, 0.05) is 50.4 Å². The third kappa shape index (κ3) is 5.19. The van der Waals surface area contributed by atoms with Gasteiger partial charge in [-0.2, -0.15) is 0 Å². The van der Waals surface area contributed by atoms with Gasteiger partial charge in [0.25, 0.3) is 0 Å². The zero-order valence-corrected chi connectivity index (χ0v) is 18.8. The van der Waals surface area contributed by atoms with Crippen LogP contribution in [0.15, 0.2) is 18.2 Å². The molecule has 7 nitrogen and oxygen atoms in total. The average molecular weight is 415 g/mol. The summed E-state index contributed by atoms with van der Waals surface area (Å²) in [5.41, 5.74) is 2.89. The maximum atomic E-state index is 13.0. The van der Waals surface area contributed by atoms with E-state index in [4.69, 9.17) is 0 Å². The van der Waals surface area contributed by atoms with Crippen LogP contribution in [0.4, 0.5) is 5.69 Å². The zero-order chi connectivity index (χ0) is 22.1. The minimum atomic E-state index is -0.298. The molecule has 0 aromatic heterocycles. The normalized spacial score (nSPS) is 20.6. The summed E-state index contributed by atoms with van der Waals surface area (Å²) in [6.45, 7) is 13.3. The van der Waals surface area contributed by atoms with Crippen LogP contribution < -0.4 is 10.2 Å². The van der Waals surface area contributed by atoms with Gasteiger partial charge in [0.15, 0.2) is 0 Å². The van der Waals surface area contributed by atoms with Crippen molar-refractivity contribution in [3.63, 3.8) is 0 Å². The molecule has 0 radical (unpaired) electrons. The summed E-state index contributed by atoms with van der Waals surface area (Å²) < 4.78 is 0. The molecule has 164 valence electrons. The quantitative estimate of drug-likeness (QED) is 0.814. The highest BCUT2D eigenvalue weighted by Gasteiger charge is 2.38. The fraction of sp³-hybridized carbons (Fsp3) is 0.609. The van der Waals surface area contributed by atoms with E-state index in [1.807, 2.05) is 57.7 Å². The van der Waals surface area contributed by atoms with E-state index in [2.05, 4.69) is 10.2 Å². The Labute approximate surface area is 179 Å². The molecule has 2 fully saturated rings. The summed E-state index contributed by atoms with van der Waals surface area (Å²) >= 11 is 0. The number of carbonyl (C=O) groups is 3. The van der Waals surface area contributed by atoms with E-state index >= 15 is 0 Å². The summed E-state index contributed by atoms with van der Waals surface area (Å²) in [6.07, 6.45) is 0.264. The van der Waals surface area contributed by atoms with Crippen molar-refractivity contribution >= 4 is 23.4 Å². The summed E-state index contributed by atoms with van der Waals surface area (Å²) in [5.74, 6) is -0.226. The second-order valence-corrected chi connectivity index (χ2v) is 9.52. The van der Waals surface area contributed by atoms with Crippen molar-refractivity contribution in [3.05, 3.63) is 29.3 Å². The van der Waals surface area contributed by atoms with E-state index in [-0.39, 0.29) is 35.6 Å². The van der Waals surface area contributed by atoms with Crippen LogP contribution in [0, 0.1) is 19.8 Å². The molecule has 2 aliphatic rings.